The molecule has 0 aliphatic rings. The Hall–Kier alpha value is -1.20. The Bertz CT molecular complexity index is 637. The summed E-state index contributed by atoms with van der Waals surface area (Å²) in [6, 6.07) is 7.99. The largest absolute Gasteiger partial charge is 0.497 e. The molecule has 3 nitrogen and oxygen atoms in total. The Morgan fingerprint density at radius 3 is 2.60 bits per heavy atom. The predicted octanol–water partition coefficient (Wildman–Crippen LogP) is 4.45. The third kappa shape index (κ3) is 3.67. The molecule has 5 heteroatoms. The summed E-state index contributed by atoms with van der Waals surface area (Å²) in [5.41, 5.74) is 2.30. The molecule has 0 saturated heterocycles. The average molecular weight is 353 g/mol. The van der Waals surface area contributed by atoms with Gasteiger partial charge in [-0.1, -0.05) is 37.7 Å². The number of nitrogens with zero attached hydrogens (tertiary/aromatic N) is 1. The fraction of sp³-hybridized carbons (Fsp3) is 0.333. The molecule has 0 saturated carbocycles. The molecule has 0 unspecified atom stereocenters. The highest BCUT2D eigenvalue weighted by Crippen LogP contribution is 2.19. The second kappa shape index (κ2) is 6.99. The number of aromatic nitrogens is 2. The molecule has 0 fully saturated rings. The maximum atomic E-state index is 5.30. The van der Waals surface area contributed by atoms with Crippen LogP contribution in [0.25, 0.3) is 0 Å². The van der Waals surface area contributed by atoms with Gasteiger partial charge in [0.2, 0.25) is 0 Å². The molecule has 0 radical (unpaired) electrons. The standard InChI is InChI=1S/C15H17BrN2OS/c1-3-4-12-14(16)15(20)18-13(17-12)9-10-5-7-11(19-2)8-6-10/h5-8H,3-4,9H2,1-2H3,(H,17,18,20). The first kappa shape index (κ1) is 15.2. The highest BCUT2D eigenvalue weighted by molar-refractivity contribution is 9.10. The normalized spacial score (nSPS) is 10.6. The molecule has 106 valence electrons. The first-order valence-electron chi connectivity index (χ1n) is 6.54. The minimum atomic E-state index is 0.621. The SMILES string of the molecule is CCCc1[nH]c(Cc2ccc(OC)cc2)nc(=S)c1Br. The van der Waals surface area contributed by atoms with Crippen molar-refractivity contribution in [3.8, 4) is 5.75 Å². The highest BCUT2D eigenvalue weighted by atomic mass is 79.9. The molecule has 0 amide bonds. The Kier molecular flexibility index (Phi) is 5.31. The summed E-state index contributed by atoms with van der Waals surface area (Å²) in [5.74, 6) is 1.75. The number of rotatable bonds is 5. The van der Waals surface area contributed by atoms with E-state index in [0.717, 1.165) is 41.0 Å². The fourth-order valence-corrected chi connectivity index (χ4v) is 2.62. The van der Waals surface area contributed by atoms with Crippen molar-refractivity contribution >= 4 is 28.1 Å². The molecular formula is C15H17BrN2OS. The van der Waals surface area contributed by atoms with Crippen molar-refractivity contribution in [3.63, 3.8) is 0 Å². The van der Waals surface area contributed by atoms with Gasteiger partial charge in [-0.2, -0.15) is 0 Å². The fourth-order valence-electron chi connectivity index (χ4n) is 2.00. The van der Waals surface area contributed by atoms with E-state index in [1.165, 1.54) is 5.56 Å². The lowest BCUT2D eigenvalue weighted by Crippen LogP contribution is -2.02. The summed E-state index contributed by atoms with van der Waals surface area (Å²) in [6.45, 7) is 2.15. The summed E-state index contributed by atoms with van der Waals surface area (Å²) in [7, 11) is 1.67. The van der Waals surface area contributed by atoms with Crippen molar-refractivity contribution in [2.45, 2.75) is 26.2 Å². The summed E-state index contributed by atoms with van der Waals surface area (Å²) < 4.78 is 6.69. The van der Waals surface area contributed by atoms with Crippen molar-refractivity contribution < 1.29 is 4.74 Å². The van der Waals surface area contributed by atoms with E-state index in [9.17, 15) is 0 Å². The Morgan fingerprint density at radius 1 is 1.30 bits per heavy atom. The average Bonchev–Trinajstić information content (AvgIpc) is 2.45. The van der Waals surface area contributed by atoms with Gasteiger partial charge in [-0.15, -0.1) is 0 Å². The van der Waals surface area contributed by atoms with Gasteiger partial charge in [0.1, 0.15) is 16.2 Å². The smallest absolute Gasteiger partial charge is 0.144 e. The van der Waals surface area contributed by atoms with Crippen LogP contribution in [0.1, 0.15) is 30.4 Å². The summed E-state index contributed by atoms with van der Waals surface area (Å²) in [4.78, 5) is 7.81. The second-order valence-electron chi connectivity index (χ2n) is 4.56. The number of ether oxygens (including phenoxy) is 1. The minimum Gasteiger partial charge on any atom is -0.497 e. The third-order valence-corrected chi connectivity index (χ3v) is 4.43. The van der Waals surface area contributed by atoms with Crippen LogP contribution >= 0.6 is 28.1 Å². The van der Waals surface area contributed by atoms with Crippen LogP contribution in [0.4, 0.5) is 0 Å². The van der Waals surface area contributed by atoms with Crippen molar-refractivity contribution in [2.75, 3.05) is 7.11 Å². The molecular weight excluding hydrogens is 336 g/mol. The van der Waals surface area contributed by atoms with Crippen molar-refractivity contribution in [1.82, 2.24) is 9.97 Å². The molecule has 1 N–H and O–H groups in total. The van der Waals surface area contributed by atoms with Gasteiger partial charge in [0, 0.05) is 12.1 Å². The van der Waals surface area contributed by atoms with E-state index in [0.29, 0.717) is 4.64 Å². The maximum absolute atomic E-state index is 5.30. The van der Waals surface area contributed by atoms with Gasteiger partial charge in [-0.25, -0.2) is 4.98 Å². The van der Waals surface area contributed by atoms with E-state index in [4.69, 9.17) is 17.0 Å². The lowest BCUT2D eigenvalue weighted by Gasteiger charge is -2.08. The quantitative estimate of drug-likeness (QED) is 0.807. The zero-order chi connectivity index (χ0) is 14.5. The summed E-state index contributed by atoms with van der Waals surface area (Å²) >= 11 is 8.81. The second-order valence-corrected chi connectivity index (χ2v) is 5.74. The van der Waals surface area contributed by atoms with Crippen molar-refractivity contribution in [1.29, 1.82) is 0 Å². The van der Waals surface area contributed by atoms with Gasteiger partial charge < -0.3 is 9.72 Å². The van der Waals surface area contributed by atoms with Crippen LogP contribution in [-0.2, 0) is 12.8 Å². The number of benzene rings is 1. The van der Waals surface area contributed by atoms with Crippen LogP contribution < -0.4 is 4.74 Å². The van der Waals surface area contributed by atoms with Crippen LogP contribution in [0, 0.1) is 4.64 Å². The van der Waals surface area contributed by atoms with Gasteiger partial charge in [0.05, 0.1) is 11.6 Å². The molecule has 0 aliphatic heterocycles. The van der Waals surface area contributed by atoms with E-state index in [2.05, 4.69) is 32.8 Å². The first-order chi connectivity index (χ1) is 9.63. The Labute approximate surface area is 132 Å². The summed E-state index contributed by atoms with van der Waals surface area (Å²) in [6.07, 6.45) is 2.76. The molecule has 1 aromatic heterocycles. The Balaban J connectivity index is 2.26. The molecule has 0 atom stereocenters. The number of H-pyrrole nitrogens is 1. The number of aryl methyl sites for hydroxylation is 1. The number of hydrogen-bond acceptors (Lipinski definition) is 3. The maximum Gasteiger partial charge on any atom is 0.144 e. The van der Waals surface area contributed by atoms with Crippen LogP contribution in [0.5, 0.6) is 5.75 Å². The Morgan fingerprint density at radius 2 is 2.00 bits per heavy atom. The van der Waals surface area contributed by atoms with Gasteiger partial charge in [0.25, 0.3) is 0 Å². The molecule has 0 spiro atoms. The zero-order valence-corrected chi connectivity index (χ0v) is 14.0. The number of halogens is 1. The molecule has 0 bridgehead atoms. The van der Waals surface area contributed by atoms with Gasteiger partial charge in [-0.05, 0) is 40.0 Å². The van der Waals surface area contributed by atoms with Crippen LogP contribution in [0.2, 0.25) is 0 Å². The number of aromatic amines is 1. The molecule has 1 aromatic carbocycles. The topological polar surface area (TPSA) is 37.9 Å². The van der Waals surface area contributed by atoms with E-state index >= 15 is 0 Å². The van der Waals surface area contributed by atoms with E-state index in [1.807, 2.05) is 24.3 Å². The zero-order valence-electron chi connectivity index (χ0n) is 11.6. The van der Waals surface area contributed by atoms with Gasteiger partial charge >= 0.3 is 0 Å². The summed E-state index contributed by atoms with van der Waals surface area (Å²) in [5, 5.41) is 0. The molecule has 0 aliphatic carbocycles. The van der Waals surface area contributed by atoms with Crippen LogP contribution in [0.3, 0.4) is 0 Å². The number of hydrogen-bond donors (Lipinski definition) is 1. The highest BCUT2D eigenvalue weighted by Gasteiger charge is 2.06. The third-order valence-electron chi connectivity index (χ3n) is 3.02. The van der Waals surface area contributed by atoms with Crippen LogP contribution in [0.15, 0.2) is 28.7 Å². The number of methoxy groups -OCH3 is 1. The lowest BCUT2D eigenvalue weighted by atomic mass is 10.1. The van der Waals surface area contributed by atoms with E-state index < -0.39 is 0 Å². The molecule has 20 heavy (non-hydrogen) atoms. The number of nitrogens with one attached hydrogen (secondary N) is 1. The van der Waals surface area contributed by atoms with Gasteiger partial charge in [0.15, 0.2) is 0 Å². The molecule has 2 rings (SSSR count). The monoisotopic (exact) mass is 352 g/mol. The van der Waals surface area contributed by atoms with E-state index in [-0.39, 0.29) is 0 Å². The predicted molar refractivity (Wildman–Crippen MR) is 86.9 cm³/mol. The lowest BCUT2D eigenvalue weighted by molar-refractivity contribution is 0.414. The van der Waals surface area contributed by atoms with Gasteiger partial charge in [-0.3, -0.25) is 0 Å². The van der Waals surface area contributed by atoms with Crippen molar-refractivity contribution in [3.05, 3.63) is 50.5 Å². The minimum absolute atomic E-state index is 0.621. The first-order valence-corrected chi connectivity index (χ1v) is 7.74. The van der Waals surface area contributed by atoms with E-state index in [1.54, 1.807) is 7.11 Å². The molecule has 1 heterocycles. The molecule has 2 aromatic rings. The van der Waals surface area contributed by atoms with Crippen LogP contribution in [-0.4, -0.2) is 17.1 Å². The van der Waals surface area contributed by atoms with Crippen molar-refractivity contribution in [2.24, 2.45) is 0 Å².